The molecule has 32 heavy (non-hydrogen) atoms. The zero-order valence-electron chi connectivity index (χ0n) is 18.2. The quantitative estimate of drug-likeness (QED) is 0.693. The van der Waals surface area contributed by atoms with Gasteiger partial charge in [0.05, 0.1) is 0 Å². The number of ether oxygens (including phenoxy) is 1. The van der Waals surface area contributed by atoms with Crippen molar-refractivity contribution >= 4 is 35.2 Å². The number of carbonyl (C=O) groups excluding carboxylic acids is 3. The molecule has 2 aliphatic rings. The molecule has 2 fully saturated rings. The van der Waals surface area contributed by atoms with Crippen LogP contribution in [0.15, 0.2) is 36.4 Å². The van der Waals surface area contributed by atoms with E-state index in [2.05, 4.69) is 5.32 Å². The molecule has 0 aliphatic carbocycles. The molecule has 2 saturated heterocycles. The monoisotopic (exact) mass is 456 g/mol. The molecule has 0 saturated carbocycles. The van der Waals surface area contributed by atoms with Gasteiger partial charge >= 0.3 is 5.97 Å². The van der Waals surface area contributed by atoms with Crippen molar-refractivity contribution in [2.45, 2.75) is 44.5 Å². The number of hydrogen-bond donors (Lipinski definition) is 1. The van der Waals surface area contributed by atoms with Crippen molar-refractivity contribution < 1.29 is 23.5 Å². The van der Waals surface area contributed by atoms with Gasteiger partial charge in [-0.25, -0.2) is 9.18 Å². The van der Waals surface area contributed by atoms with Gasteiger partial charge in [-0.15, -0.1) is 11.8 Å². The molecule has 2 aromatic carbocycles. The van der Waals surface area contributed by atoms with E-state index in [4.69, 9.17) is 4.74 Å². The van der Waals surface area contributed by atoms with Crippen molar-refractivity contribution in [3.05, 3.63) is 64.5 Å². The number of carbonyl (C=O) groups is 3. The lowest BCUT2D eigenvalue weighted by Gasteiger charge is -2.33. The molecule has 0 radical (unpaired) electrons. The Hall–Kier alpha value is -2.87. The highest BCUT2D eigenvalue weighted by Crippen LogP contribution is 2.54. The van der Waals surface area contributed by atoms with E-state index in [1.54, 1.807) is 17.0 Å². The molecule has 4 rings (SSSR count). The minimum atomic E-state index is -0.782. The summed E-state index contributed by atoms with van der Waals surface area (Å²) in [7, 11) is 0. The van der Waals surface area contributed by atoms with Crippen LogP contribution in [-0.2, 0) is 24.0 Å². The van der Waals surface area contributed by atoms with Crippen LogP contribution in [0, 0.1) is 26.6 Å². The Morgan fingerprint density at radius 3 is 2.50 bits per heavy atom. The van der Waals surface area contributed by atoms with Gasteiger partial charge < -0.3 is 15.0 Å². The standard InChI is InChI=1S/C24H25FN2O4S/c1-14-10-15(2)22(16(3)11-14)26-20(28)12-31-23(30)19-13-32-24(9-8-21(29)27(19)24)17-4-6-18(25)7-5-17/h4-7,10-11,19H,8-9,12-13H2,1-3H3,(H,26,28). The minimum Gasteiger partial charge on any atom is -0.454 e. The number of anilines is 1. The lowest BCUT2D eigenvalue weighted by molar-refractivity contribution is -0.155. The highest BCUT2D eigenvalue weighted by molar-refractivity contribution is 8.00. The number of halogens is 1. The molecule has 0 bridgehead atoms. The van der Waals surface area contributed by atoms with Crippen molar-refractivity contribution in [1.82, 2.24) is 4.90 Å². The number of esters is 1. The summed E-state index contributed by atoms with van der Waals surface area (Å²) in [5.74, 6) is -1.18. The Bertz CT molecular complexity index is 1060. The molecule has 2 amide bonds. The van der Waals surface area contributed by atoms with Gasteiger partial charge in [-0.05, 0) is 56.0 Å². The predicted octanol–water partition coefficient (Wildman–Crippen LogP) is 3.82. The molecule has 2 aromatic rings. The molecule has 2 unspecified atom stereocenters. The fourth-order valence-electron chi connectivity index (χ4n) is 4.61. The molecule has 2 heterocycles. The first-order valence-electron chi connectivity index (χ1n) is 10.5. The summed E-state index contributed by atoms with van der Waals surface area (Å²) in [6.07, 6.45) is 0.846. The van der Waals surface area contributed by atoms with Crippen molar-refractivity contribution in [3.63, 3.8) is 0 Å². The van der Waals surface area contributed by atoms with Gasteiger partial charge in [0.25, 0.3) is 5.91 Å². The number of rotatable bonds is 5. The van der Waals surface area contributed by atoms with Crippen LogP contribution in [0.5, 0.6) is 0 Å². The Balaban J connectivity index is 1.43. The molecule has 2 aliphatic heterocycles. The van der Waals surface area contributed by atoms with Crippen molar-refractivity contribution in [2.24, 2.45) is 0 Å². The number of fused-ring (bicyclic) bond motifs is 1. The maximum atomic E-state index is 13.4. The molecule has 168 valence electrons. The number of benzene rings is 2. The second-order valence-corrected chi connectivity index (χ2v) is 9.61. The normalized spacial score (nSPS) is 22.1. The number of thioether (sulfide) groups is 1. The van der Waals surface area contributed by atoms with Gasteiger partial charge in [0, 0.05) is 17.9 Å². The highest BCUT2D eigenvalue weighted by Gasteiger charge is 2.57. The van der Waals surface area contributed by atoms with E-state index in [0.29, 0.717) is 24.3 Å². The topological polar surface area (TPSA) is 75.7 Å². The van der Waals surface area contributed by atoms with Crippen LogP contribution in [-0.4, -0.2) is 41.1 Å². The molecule has 8 heteroatoms. The van der Waals surface area contributed by atoms with Crippen LogP contribution in [0.4, 0.5) is 10.1 Å². The van der Waals surface area contributed by atoms with Gasteiger partial charge in [-0.3, -0.25) is 9.59 Å². The summed E-state index contributed by atoms with van der Waals surface area (Å²) in [5.41, 5.74) is 4.46. The lowest BCUT2D eigenvalue weighted by atomic mass is 10.0. The molecular formula is C24H25FN2O4S. The molecular weight excluding hydrogens is 431 g/mol. The maximum absolute atomic E-state index is 13.4. The zero-order valence-corrected chi connectivity index (χ0v) is 19.1. The van der Waals surface area contributed by atoms with Crippen LogP contribution in [0.3, 0.4) is 0 Å². The van der Waals surface area contributed by atoms with Gasteiger partial charge in [0.15, 0.2) is 6.61 Å². The summed E-state index contributed by atoms with van der Waals surface area (Å²) >= 11 is 1.48. The van der Waals surface area contributed by atoms with E-state index in [1.165, 1.54) is 23.9 Å². The number of amides is 2. The Labute approximate surface area is 190 Å². The number of nitrogens with one attached hydrogen (secondary N) is 1. The van der Waals surface area contributed by atoms with Crippen LogP contribution in [0.2, 0.25) is 0 Å². The molecule has 0 spiro atoms. The van der Waals surface area contributed by atoms with Crippen molar-refractivity contribution in [3.8, 4) is 0 Å². The molecule has 1 N–H and O–H groups in total. The summed E-state index contributed by atoms with van der Waals surface area (Å²) < 4.78 is 18.7. The van der Waals surface area contributed by atoms with Crippen molar-refractivity contribution in [1.29, 1.82) is 0 Å². The number of nitrogens with zero attached hydrogens (tertiary/aromatic N) is 1. The Morgan fingerprint density at radius 2 is 1.84 bits per heavy atom. The SMILES string of the molecule is Cc1cc(C)c(NC(=O)COC(=O)C2CSC3(c4ccc(F)cc4)CCC(=O)N23)c(C)c1. The van der Waals surface area contributed by atoms with E-state index in [-0.39, 0.29) is 11.7 Å². The fourth-order valence-corrected chi connectivity index (χ4v) is 6.25. The van der Waals surface area contributed by atoms with Gasteiger partial charge in [0.1, 0.15) is 16.7 Å². The van der Waals surface area contributed by atoms with E-state index in [1.807, 2.05) is 32.9 Å². The van der Waals surface area contributed by atoms with E-state index >= 15 is 0 Å². The second-order valence-electron chi connectivity index (χ2n) is 8.31. The lowest BCUT2D eigenvalue weighted by Crippen LogP contribution is -2.47. The summed E-state index contributed by atoms with van der Waals surface area (Å²) in [6.45, 7) is 5.37. The van der Waals surface area contributed by atoms with E-state index < -0.39 is 29.4 Å². The fraction of sp³-hybridized carbons (Fsp3) is 0.375. The van der Waals surface area contributed by atoms with E-state index in [0.717, 1.165) is 22.3 Å². The third-order valence-electron chi connectivity index (χ3n) is 5.98. The third kappa shape index (κ3) is 3.99. The summed E-state index contributed by atoms with van der Waals surface area (Å²) in [5, 5.41) is 2.81. The molecule has 0 aromatic heterocycles. The smallest absolute Gasteiger partial charge is 0.330 e. The second kappa shape index (κ2) is 8.58. The highest BCUT2D eigenvalue weighted by atomic mass is 32.2. The van der Waals surface area contributed by atoms with Crippen LogP contribution < -0.4 is 5.32 Å². The first-order chi connectivity index (χ1) is 15.2. The predicted molar refractivity (Wildman–Crippen MR) is 121 cm³/mol. The van der Waals surface area contributed by atoms with Gasteiger partial charge in [0.2, 0.25) is 5.91 Å². The van der Waals surface area contributed by atoms with Crippen molar-refractivity contribution in [2.75, 3.05) is 17.7 Å². The Morgan fingerprint density at radius 1 is 1.19 bits per heavy atom. The number of aryl methyl sites for hydroxylation is 3. The average Bonchev–Trinajstić information content (AvgIpc) is 3.28. The van der Waals surface area contributed by atoms with Gasteiger partial charge in [-0.2, -0.15) is 0 Å². The minimum absolute atomic E-state index is 0.142. The average molecular weight is 457 g/mol. The van der Waals surface area contributed by atoms with Crippen LogP contribution in [0.1, 0.15) is 35.1 Å². The first-order valence-corrected chi connectivity index (χ1v) is 11.5. The maximum Gasteiger partial charge on any atom is 0.330 e. The third-order valence-corrected chi connectivity index (χ3v) is 7.58. The first kappa shape index (κ1) is 22.3. The number of hydrogen-bond acceptors (Lipinski definition) is 5. The summed E-state index contributed by atoms with van der Waals surface area (Å²) in [4.78, 5) is 38.7. The van der Waals surface area contributed by atoms with Crippen LogP contribution >= 0.6 is 11.8 Å². The molecule has 2 atom stereocenters. The Kier molecular flexibility index (Phi) is 5.99. The van der Waals surface area contributed by atoms with Crippen LogP contribution in [0.25, 0.3) is 0 Å². The molecule has 6 nitrogen and oxygen atoms in total. The summed E-state index contributed by atoms with van der Waals surface area (Å²) in [6, 6.07) is 9.18. The van der Waals surface area contributed by atoms with Gasteiger partial charge in [-0.1, -0.05) is 29.8 Å². The zero-order chi connectivity index (χ0) is 23.0. The largest absolute Gasteiger partial charge is 0.454 e. The van der Waals surface area contributed by atoms with E-state index in [9.17, 15) is 18.8 Å².